The molecule has 3 heterocycles. The zero-order valence-electron chi connectivity index (χ0n) is 15.3. The van der Waals surface area contributed by atoms with Crippen molar-refractivity contribution in [1.29, 1.82) is 0 Å². The normalized spacial score (nSPS) is 21.4. The fourth-order valence-corrected chi connectivity index (χ4v) is 4.01. The van der Waals surface area contributed by atoms with E-state index in [1.54, 1.807) is 24.5 Å². The van der Waals surface area contributed by atoms with Gasteiger partial charge in [-0.15, -0.1) is 0 Å². The Kier molecular flexibility index (Phi) is 4.78. The van der Waals surface area contributed by atoms with Crippen LogP contribution in [0.25, 0.3) is 0 Å². The van der Waals surface area contributed by atoms with Gasteiger partial charge >= 0.3 is 0 Å². The van der Waals surface area contributed by atoms with Crippen molar-refractivity contribution in [3.05, 3.63) is 54.4 Å². The van der Waals surface area contributed by atoms with Crippen molar-refractivity contribution in [1.82, 2.24) is 14.9 Å². The molecule has 2 aliphatic rings. The summed E-state index contributed by atoms with van der Waals surface area (Å²) in [5.74, 6) is -0.254. The predicted molar refractivity (Wildman–Crippen MR) is 99.1 cm³/mol. The molecule has 1 atom stereocenters. The average molecular weight is 370 g/mol. The van der Waals surface area contributed by atoms with Crippen molar-refractivity contribution in [2.24, 2.45) is 0 Å². The lowest BCUT2D eigenvalue weighted by atomic mass is 9.87. The van der Waals surface area contributed by atoms with E-state index in [4.69, 9.17) is 4.74 Å². The Bertz CT molecular complexity index is 791. The van der Waals surface area contributed by atoms with Gasteiger partial charge in [0.25, 0.3) is 5.91 Å². The molecule has 2 saturated heterocycles. The van der Waals surface area contributed by atoms with Gasteiger partial charge in [0.1, 0.15) is 12.1 Å². The Morgan fingerprint density at radius 2 is 1.89 bits per heavy atom. The lowest BCUT2D eigenvalue weighted by Gasteiger charge is -2.39. The Hall–Kier alpha value is -2.54. The van der Waals surface area contributed by atoms with Crippen molar-refractivity contribution < 1.29 is 13.9 Å². The summed E-state index contributed by atoms with van der Waals surface area (Å²) >= 11 is 0. The number of rotatable bonds is 3. The summed E-state index contributed by atoms with van der Waals surface area (Å²) in [5.41, 5.74) is 1.33. The van der Waals surface area contributed by atoms with E-state index in [0.29, 0.717) is 25.3 Å². The van der Waals surface area contributed by atoms with Crippen LogP contribution in [0.4, 0.5) is 10.1 Å². The molecule has 6 nitrogen and oxygen atoms in total. The molecule has 2 aliphatic heterocycles. The molecule has 0 N–H and O–H groups in total. The zero-order chi connectivity index (χ0) is 18.9. The standard InChI is InChI=1S/C20H23FN4O2/c1-24(17-4-2-16(21)3-5-17)18-10-20(27-13-18)6-8-25(9-7-20)19(26)15-11-22-14-23-12-15/h2-5,11-12,14,18H,6-10,13H2,1H3/t18-/m1/s1. The monoisotopic (exact) mass is 370 g/mol. The van der Waals surface area contributed by atoms with Crippen LogP contribution in [-0.2, 0) is 4.74 Å². The number of piperidine rings is 1. The van der Waals surface area contributed by atoms with Gasteiger partial charge < -0.3 is 14.5 Å². The highest BCUT2D eigenvalue weighted by Crippen LogP contribution is 2.38. The minimum Gasteiger partial charge on any atom is -0.373 e. The molecule has 27 heavy (non-hydrogen) atoms. The molecule has 1 aromatic carbocycles. The number of halogens is 1. The lowest BCUT2D eigenvalue weighted by molar-refractivity contribution is -0.0388. The maximum Gasteiger partial charge on any atom is 0.256 e. The molecule has 1 aromatic heterocycles. The summed E-state index contributed by atoms with van der Waals surface area (Å²) in [6.07, 6.45) is 7.09. The van der Waals surface area contributed by atoms with Crippen LogP contribution in [0.2, 0.25) is 0 Å². The van der Waals surface area contributed by atoms with E-state index in [1.165, 1.54) is 18.5 Å². The number of carbonyl (C=O) groups is 1. The first-order valence-electron chi connectivity index (χ1n) is 9.23. The molecule has 7 heteroatoms. The van der Waals surface area contributed by atoms with Crippen LogP contribution in [0.3, 0.4) is 0 Å². The molecule has 1 amide bonds. The van der Waals surface area contributed by atoms with Crippen molar-refractivity contribution >= 4 is 11.6 Å². The molecule has 0 unspecified atom stereocenters. The molecule has 142 valence electrons. The highest BCUT2D eigenvalue weighted by atomic mass is 19.1. The van der Waals surface area contributed by atoms with E-state index >= 15 is 0 Å². The first-order valence-corrected chi connectivity index (χ1v) is 9.23. The van der Waals surface area contributed by atoms with E-state index < -0.39 is 0 Å². The van der Waals surface area contributed by atoms with Crippen LogP contribution in [0.1, 0.15) is 29.6 Å². The molecule has 0 bridgehead atoms. The first-order chi connectivity index (χ1) is 13.1. The molecule has 0 radical (unpaired) electrons. The maximum atomic E-state index is 13.2. The topological polar surface area (TPSA) is 58.6 Å². The van der Waals surface area contributed by atoms with Crippen molar-refractivity contribution in [3.8, 4) is 0 Å². The number of benzene rings is 1. The van der Waals surface area contributed by atoms with Gasteiger partial charge in [0.05, 0.1) is 23.8 Å². The van der Waals surface area contributed by atoms with E-state index in [-0.39, 0.29) is 23.4 Å². The van der Waals surface area contributed by atoms with E-state index in [0.717, 1.165) is 24.9 Å². The van der Waals surface area contributed by atoms with Crippen molar-refractivity contribution in [2.45, 2.75) is 30.9 Å². The number of carbonyl (C=O) groups excluding carboxylic acids is 1. The SMILES string of the molecule is CN(c1ccc(F)cc1)[C@H]1COC2(CCN(C(=O)c3cncnc3)CC2)C1. The van der Waals surface area contributed by atoms with Gasteiger partial charge in [-0.3, -0.25) is 4.79 Å². The Balaban J connectivity index is 1.36. The number of hydrogen-bond donors (Lipinski definition) is 0. The average Bonchev–Trinajstić information content (AvgIpc) is 3.12. The third-order valence-corrected chi connectivity index (χ3v) is 5.74. The molecule has 0 aliphatic carbocycles. The maximum absolute atomic E-state index is 13.2. The second kappa shape index (κ2) is 7.23. The lowest BCUT2D eigenvalue weighted by Crippen LogP contribution is -2.47. The molecule has 0 saturated carbocycles. The second-order valence-electron chi connectivity index (χ2n) is 7.36. The third-order valence-electron chi connectivity index (χ3n) is 5.74. The van der Waals surface area contributed by atoms with Gasteiger partial charge in [0, 0.05) is 38.2 Å². The summed E-state index contributed by atoms with van der Waals surface area (Å²) in [5, 5.41) is 0. The van der Waals surface area contributed by atoms with Crippen molar-refractivity contribution in [2.75, 3.05) is 31.6 Å². The quantitative estimate of drug-likeness (QED) is 0.831. The minimum absolute atomic E-state index is 0.0246. The zero-order valence-corrected chi connectivity index (χ0v) is 15.3. The van der Waals surface area contributed by atoms with Crippen LogP contribution in [0, 0.1) is 5.82 Å². The number of hydrogen-bond acceptors (Lipinski definition) is 5. The summed E-state index contributed by atoms with van der Waals surface area (Å²) in [6.45, 7) is 1.98. The second-order valence-corrected chi connectivity index (χ2v) is 7.36. The number of likely N-dealkylation sites (N-methyl/N-ethyl adjacent to an activating group) is 1. The third kappa shape index (κ3) is 3.64. The summed E-state index contributed by atoms with van der Waals surface area (Å²) < 4.78 is 19.4. The van der Waals surface area contributed by atoms with Gasteiger partial charge in [0.2, 0.25) is 0 Å². The van der Waals surface area contributed by atoms with E-state index in [2.05, 4.69) is 14.9 Å². The first kappa shape index (κ1) is 17.9. The fraction of sp³-hybridized carbons (Fsp3) is 0.450. The molecule has 2 fully saturated rings. The number of ether oxygens (including phenoxy) is 1. The number of anilines is 1. The Morgan fingerprint density at radius 3 is 2.56 bits per heavy atom. The van der Waals surface area contributed by atoms with Gasteiger partial charge in [-0.1, -0.05) is 0 Å². The smallest absolute Gasteiger partial charge is 0.256 e. The predicted octanol–water partition coefficient (Wildman–Crippen LogP) is 2.52. The van der Waals surface area contributed by atoms with E-state index in [1.807, 2.05) is 11.9 Å². The van der Waals surface area contributed by atoms with Crippen molar-refractivity contribution in [3.63, 3.8) is 0 Å². The number of likely N-dealkylation sites (tertiary alicyclic amines) is 1. The van der Waals surface area contributed by atoms with Crippen LogP contribution < -0.4 is 4.90 Å². The fourth-order valence-electron chi connectivity index (χ4n) is 4.01. The van der Waals surface area contributed by atoms with Gasteiger partial charge in [-0.05, 0) is 43.5 Å². The highest BCUT2D eigenvalue weighted by molar-refractivity contribution is 5.93. The molecular weight excluding hydrogens is 347 g/mol. The molecule has 2 aromatic rings. The summed E-state index contributed by atoms with van der Waals surface area (Å²) in [6, 6.07) is 6.80. The minimum atomic E-state index is -0.229. The molecule has 4 rings (SSSR count). The highest BCUT2D eigenvalue weighted by Gasteiger charge is 2.44. The summed E-state index contributed by atoms with van der Waals surface area (Å²) in [7, 11) is 2.02. The van der Waals surface area contributed by atoms with Gasteiger partial charge in [-0.25, -0.2) is 14.4 Å². The number of nitrogens with zero attached hydrogens (tertiary/aromatic N) is 4. The van der Waals surface area contributed by atoms with Crippen LogP contribution in [-0.4, -0.2) is 59.2 Å². The largest absolute Gasteiger partial charge is 0.373 e. The number of amides is 1. The van der Waals surface area contributed by atoms with Gasteiger partial charge in [-0.2, -0.15) is 0 Å². The Labute approximate surface area is 158 Å². The van der Waals surface area contributed by atoms with Crippen LogP contribution in [0.5, 0.6) is 0 Å². The molecular formula is C20H23FN4O2. The van der Waals surface area contributed by atoms with E-state index in [9.17, 15) is 9.18 Å². The Morgan fingerprint density at radius 1 is 1.22 bits per heavy atom. The molecule has 1 spiro atoms. The number of aromatic nitrogens is 2. The van der Waals surface area contributed by atoms with Crippen LogP contribution in [0.15, 0.2) is 43.0 Å². The summed E-state index contributed by atoms with van der Waals surface area (Å²) in [4.78, 5) is 24.4. The van der Waals surface area contributed by atoms with Gasteiger partial charge in [0.15, 0.2) is 0 Å². The van der Waals surface area contributed by atoms with Crippen LogP contribution >= 0.6 is 0 Å².